The Labute approximate surface area is 174 Å². The summed E-state index contributed by atoms with van der Waals surface area (Å²) in [5, 5.41) is 0. The van der Waals surface area contributed by atoms with Crippen LogP contribution in [0.5, 0.6) is 0 Å². The minimum absolute atomic E-state index is 0.00887. The SMILES string of the molecule is CCN(CC)C(=O)c1ccc(C2=CC(CC)(CCCN)Cc3ccccc32)cn1. The largest absolute Gasteiger partial charge is 0.338 e. The van der Waals surface area contributed by atoms with Crippen molar-refractivity contribution in [3.8, 4) is 0 Å². The molecule has 2 N–H and O–H groups in total. The maximum absolute atomic E-state index is 12.6. The van der Waals surface area contributed by atoms with E-state index >= 15 is 0 Å². The minimum atomic E-state index is -0.00887. The summed E-state index contributed by atoms with van der Waals surface area (Å²) in [5.41, 5.74) is 11.4. The molecule has 0 fully saturated rings. The zero-order chi connectivity index (χ0) is 20.9. The Kier molecular flexibility index (Phi) is 6.86. The van der Waals surface area contributed by atoms with E-state index in [1.54, 1.807) is 4.90 Å². The second-order valence-corrected chi connectivity index (χ2v) is 7.91. The standard InChI is InChI=1S/C25H33N3O/c1-4-25(14-9-15-26)16-19-10-7-8-11-21(19)22(17-25)20-12-13-23(27-18-20)24(29)28(5-2)6-3/h7-8,10-13,17-18H,4-6,9,14-16,26H2,1-3H3. The second-order valence-electron chi connectivity index (χ2n) is 7.91. The molecule has 0 bridgehead atoms. The molecule has 1 aliphatic rings. The Bertz CT molecular complexity index is 868. The van der Waals surface area contributed by atoms with Crippen molar-refractivity contribution >= 4 is 11.5 Å². The van der Waals surface area contributed by atoms with Crippen LogP contribution in [0.4, 0.5) is 0 Å². The Hall–Kier alpha value is -2.46. The summed E-state index contributed by atoms with van der Waals surface area (Å²) in [6.07, 6.45) is 8.53. The van der Waals surface area contributed by atoms with Gasteiger partial charge in [0.2, 0.25) is 0 Å². The molecule has 1 heterocycles. The minimum Gasteiger partial charge on any atom is -0.338 e. The molecule has 1 amide bonds. The number of amides is 1. The van der Waals surface area contributed by atoms with Gasteiger partial charge in [-0.3, -0.25) is 9.78 Å². The van der Waals surface area contributed by atoms with Crippen molar-refractivity contribution in [1.82, 2.24) is 9.88 Å². The summed E-state index contributed by atoms with van der Waals surface area (Å²) in [7, 11) is 0. The van der Waals surface area contributed by atoms with Crippen LogP contribution in [0, 0.1) is 5.41 Å². The zero-order valence-corrected chi connectivity index (χ0v) is 17.9. The van der Waals surface area contributed by atoms with Crippen LogP contribution in [0.2, 0.25) is 0 Å². The van der Waals surface area contributed by atoms with Gasteiger partial charge in [0.1, 0.15) is 5.69 Å². The fourth-order valence-electron chi connectivity index (χ4n) is 4.36. The van der Waals surface area contributed by atoms with Gasteiger partial charge >= 0.3 is 0 Å². The Morgan fingerprint density at radius 1 is 1.14 bits per heavy atom. The van der Waals surface area contributed by atoms with Gasteiger partial charge < -0.3 is 10.6 Å². The van der Waals surface area contributed by atoms with Crippen molar-refractivity contribution in [3.05, 3.63) is 71.1 Å². The van der Waals surface area contributed by atoms with Crippen LogP contribution in [0.25, 0.3) is 5.57 Å². The quantitative estimate of drug-likeness (QED) is 0.710. The third kappa shape index (κ3) is 4.43. The van der Waals surface area contributed by atoms with E-state index in [0.29, 0.717) is 18.8 Å². The van der Waals surface area contributed by atoms with E-state index in [1.807, 2.05) is 32.2 Å². The number of rotatable bonds is 8. The number of hydrogen-bond acceptors (Lipinski definition) is 3. The molecule has 3 rings (SSSR count). The molecule has 1 unspecified atom stereocenters. The van der Waals surface area contributed by atoms with E-state index in [-0.39, 0.29) is 11.3 Å². The van der Waals surface area contributed by atoms with E-state index in [9.17, 15) is 4.79 Å². The van der Waals surface area contributed by atoms with E-state index in [4.69, 9.17) is 5.73 Å². The molecule has 1 aromatic heterocycles. The number of aromatic nitrogens is 1. The molecule has 4 heteroatoms. The molecule has 0 saturated carbocycles. The van der Waals surface area contributed by atoms with Crippen LogP contribution < -0.4 is 5.73 Å². The first-order valence-corrected chi connectivity index (χ1v) is 10.8. The van der Waals surface area contributed by atoms with Gasteiger partial charge in [0, 0.05) is 24.8 Å². The monoisotopic (exact) mass is 391 g/mol. The van der Waals surface area contributed by atoms with E-state index in [0.717, 1.165) is 37.8 Å². The molecular weight excluding hydrogens is 358 g/mol. The molecule has 0 spiro atoms. The second kappa shape index (κ2) is 9.36. The van der Waals surface area contributed by atoms with Gasteiger partial charge in [0.25, 0.3) is 5.91 Å². The summed E-state index contributed by atoms with van der Waals surface area (Å²) in [4.78, 5) is 18.9. The predicted octanol–water partition coefficient (Wildman–Crippen LogP) is 4.69. The molecule has 0 radical (unpaired) electrons. The van der Waals surface area contributed by atoms with Gasteiger partial charge in [-0.15, -0.1) is 0 Å². The number of pyridine rings is 1. The molecule has 154 valence electrons. The lowest BCUT2D eigenvalue weighted by molar-refractivity contribution is 0.0767. The van der Waals surface area contributed by atoms with Crippen LogP contribution >= 0.6 is 0 Å². The lowest BCUT2D eigenvalue weighted by atomic mass is 9.68. The molecule has 2 aromatic rings. The van der Waals surface area contributed by atoms with Crippen LogP contribution in [0.3, 0.4) is 0 Å². The highest BCUT2D eigenvalue weighted by molar-refractivity contribution is 5.93. The summed E-state index contributed by atoms with van der Waals surface area (Å²) >= 11 is 0. The summed E-state index contributed by atoms with van der Waals surface area (Å²) in [6.45, 7) is 8.35. The fraction of sp³-hybridized carbons (Fsp3) is 0.440. The molecule has 0 aliphatic heterocycles. The molecule has 4 nitrogen and oxygen atoms in total. The highest BCUT2D eigenvalue weighted by Gasteiger charge is 2.32. The van der Waals surface area contributed by atoms with Crippen LogP contribution in [-0.2, 0) is 6.42 Å². The summed E-state index contributed by atoms with van der Waals surface area (Å²) in [6, 6.07) is 12.6. The van der Waals surface area contributed by atoms with Crippen molar-refractivity contribution in [2.24, 2.45) is 11.1 Å². The van der Waals surface area contributed by atoms with Crippen molar-refractivity contribution in [2.75, 3.05) is 19.6 Å². The third-order valence-corrected chi connectivity index (χ3v) is 6.23. The topological polar surface area (TPSA) is 59.2 Å². The first kappa shape index (κ1) is 21.3. The summed E-state index contributed by atoms with van der Waals surface area (Å²) < 4.78 is 0. The third-order valence-electron chi connectivity index (χ3n) is 6.23. The smallest absolute Gasteiger partial charge is 0.272 e. The molecule has 1 atom stereocenters. The maximum Gasteiger partial charge on any atom is 0.272 e. The Morgan fingerprint density at radius 2 is 1.90 bits per heavy atom. The average Bonchev–Trinajstić information content (AvgIpc) is 2.78. The number of carbonyl (C=O) groups is 1. The molecular formula is C25H33N3O. The zero-order valence-electron chi connectivity index (χ0n) is 17.9. The van der Waals surface area contributed by atoms with E-state index in [2.05, 4.69) is 42.2 Å². The molecule has 1 aliphatic carbocycles. The Morgan fingerprint density at radius 3 is 2.52 bits per heavy atom. The normalized spacial score (nSPS) is 18.1. The number of carbonyl (C=O) groups excluding carboxylic acids is 1. The predicted molar refractivity (Wildman–Crippen MR) is 120 cm³/mol. The van der Waals surface area contributed by atoms with E-state index < -0.39 is 0 Å². The van der Waals surface area contributed by atoms with Crippen molar-refractivity contribution in [3.63, 3.8) is 0 Å². The first-order valence-electron chi connectivity index (χ1n) is 10.8. The van der Waals surface area contributed by atoms with Gasteiger partial charge in [-0.05, 0) is 74.3 Å². The number of nitrogens with two attached hydrogens (primary N) is 1. The average molecular weight is 392 g/mol. The molecule has 1 aromatic carbocycles. The Balaban J connectivity index is 2.00. The highest BCUT2D eigenvalue weighted by Crippen LogP contribution is 2.44. The van der Waals surface area contributed by atoms with Gasteiger partial charge in [-0.1, -0.05) is 43.3 Å². The van der Waals surface area contributed by atoms with Gasteiger partial charge in [0.15, 0.2) is 0 Å². The maximum atomic E-state index is 12.6. The fourth-order valence-corrected chi connectivity index (χ4v) is 4.36. The van der Waals surface area contributed by atoms with E-state index in [1.165, 1.54) is 16.7 Å². The van der Waals surface area contributed by atoms with Gasteiger partial charge in [-0.2, -0.15) is 0 Å². The first-order chi connectivity index (χ1) is 14.1. The number of fused-ring (bicyclic) bond motifs is 1. The number of allylic oxidation sites excluding steroid dienone is 1. The van der Waals surface area contributed by atoms with Gasteiger partial charge in [-0.25, -0.2) is 0 Å². The summed E-state index contributed by atoms with van der Waals surface area (Å²) in [5.74, 6) is -0.00887. The molecule has 0 saturated heterocycles. The molecule has 29 heavy (non-hydrogen) atoms. The lowest BCUT2D eigenvalue weighted by Crippen LogP contribution is -2.31. The van der Waals surface area contributed by atoms with Crippen LogP contribution in [-0.4, -0.2) is 35.4 Å². The van der Waals surface area contributed by atoms with Crippen molar-refractivity contribution in [1.29, 1.82) is 0 Å². The van der Waals surface area contributed by atoms with Gasteiger partial charge in [0.05, 0.1) is 0 Å². The number of nitrogens with zero attached hydrogens (tertiary/aromatic N) is 2. The number of benzene rings is 1. The van der Waals surface area contributed by atoms with Crippen LogP contribution in [0.15, 0.2) is 48.7 Å². The lowest BCUT2D eigenvalue weighted by Gasteiger charge is -2.36. The van der Waals surface area contributed by atoms with Crippen molar-refractivity contribution < 1.29 is 4.79 Å². The van der Waals surface area contributed by atoms with Crippen molar-refractivity contribution in [2.45, 2.75) is 46.5 Å². The number of hydrogen-bond donors (Lipinski definition) is 1. The van der Waals surface area contributed by atoms with Crippen LogP contribution in [0.1, 0.15) is 67.2 Å². The highest BCUT2D eigenvalue weighted by atomic mass is 16.2.